The van der Waals surface area contributed by atoms with E-state index < -0.39 is 6.09 Å². The highest BCUT2D eigenvalue weighted by atomic mass is 28.1. The molecule has 1 amide bonds. The molecule has 0 bridgehead atoms. The smallest absolute Gasteiger partial charge is 0.404 e. The summed E-state index contributed by atoms with van der Waals surface area (Å²) < 4.78 is 20.7. The predicted molar refractivity (Wildman–Crippen MR) is 71.8 cm³/mol. The molecule has 18 heavy (non-hydrogen) atoms. The van der Waals surface area contributed by atoms with Gasteiger partial charge in [-0.2, -0.15) is 0 Å². The van der Waals surface area contributed by atoms with Crippen LogP contribution in [-0.2, 0) is 18.9 Å². The fourth-order valence-electron chi connectivity index (χ4n) is 1.15. The maximum atomic E-state index is 10.2. The van der Waals surface area contributed by atoms with E-state index in [0.717, 1.165) is 29.7 Å². The summed E-state index contributed by atoms with van der Waals surface area (Å²) in [5.74, 6) is 0. The molecule has 6 nitrogen and oxygen atoms in total. The molecule has 7 heteroatoms. The van der Waals surface area contributed by atoms with Crippen LogP contribution in [-0.4, -0.2) is 61.7 Å². The van der Waals surface area contributed by atoms with Crippen molar-refractivity contribution in [2.45, 2.75) is 25.5 Å². The zero-order chi connectivity index (χ0) is 13.6. The van der Waals surface area contributed by atoms with E-state index in [9.17, 15) is 4.79 Å². The van der Waals surface area contributed by atoms with Crippen molar-refractivity contribution >= 4 is 16.3 Å². The Hall–Kier alpha value is -0.633. The Kier molecular flexibility index (Phi) is 12.4. The third-order valence-corrected chi connectivity index (χ3v) is 2.76. The highest BCUT2D eigenvalue weighted by Crippen LogP contribution is 1.93. The van der Waals surface area contributed by atoms with Crippen molar-refractivity contribution in [1.29, 1.82) is 0 Å². The van der Waals surface area contributed by atoms with Crippen LogP contribution in [0.1, 0.15) is 19.8 Å². The second-order valence-corrected chi connectivity index (χ2v) is 5.18. The fourth-order valence-corrected chi connectivity index (χ4v) is 1.62. The minimum absolute atomic E-state index is 0.179. The van der Waals surface area contributed by atoms with E-state index in [4.69, 9.17) is 19.9 Å². The van der Waals surface area contributed by atoms with E-state index in [1.165, 1.54) is 0 Å². The van der Waals surface area contributed by atoms with Crippen molar-refractivity contribution in [2.75, 3.05) is 39.6 Å². The lowest BCUT2D eigenvalue weighted by Crippen LogP contribution is -2.22. The standard InChI is InChI=1S/C11H25NO5Si/c1-2-3-4-16-10(18)9-15-6-5-14-7-8-17-11(12)13/h10H,2-9H2,1,18H3,(H2,12,13). The van der Waals surface area contributed by atoms with Gasteiger partial charge in [-0.05, 0) is 6.42 Å². The first-order valence-corrected chi connectivity index (χ1v) is 7.51. The number of carbonyl (C=O) groups excluding carboxylic acids is 1. The van der Waals surface area contributed by atoms with Crippen LogP contribution in [0.15, 0.2) is 0 Å². The van der Waals surface area contributed by atoms with Gasteiger partial charge in [-0.25, -0.2) is 4.79 Å². The van der Waals surface area contributed by atoms with Crippen LogP contribution in [0.3, 0.4) is 0 Å². The predicted octanol–water partition coefficient (Wildman–Crippen LogP) is -0.377. The number of hydrogen-bond acceptors (Lipinski definition) is 5. The molecule has 0 radical (unpaired) electrons. The minimum Gasteiger partial charge on any atom is -0.447 e. The molecule has 0 aliphatic rings. The Labute approximate surface area is 112 Å². The molecule has 0 saturated carbocycles. The van der Waals surface area contributed by atoms with Gasteiger partial charge in [0.05, 0.1) is 32.2 Å². The van der Waals surface area contributed by atoms with E-state index in [1.54, 1.807) is 0 Å². The summed E-state index contributed by atoms with van der Waals surface area (Å²) in [4.78, 5) is 10.2. The first kappa shape index (κ1) is 17.4. The summed E-state index contributed by atoms with van der Waals surface area (Å²) in [7, 11) is 0.965. The van der Waals surface area contributed by atoms with Crippen molar-refractivity contribution in [3.05, 3.63) is 0 Å². The Balaban J connectivity index is 3.12. The molecule has 0 aromatic heterocycles. The van der Waals surface area contributed by atoms with Gasteiger partial charge in [0.25, 0.3) is 0 Å². The molecule has 0 aromatic rings. The monoisotopic (exact) mass is 279 g/mol. The Morgan fingerprint density at radius 2 is 1.83 bits per heavy atom. The van der Waals surface area contributed by atoms with Crippen LogP contribution in [0.2, 0.25) is 0 Å². The van der Waals surface area contributed by atoms with Crippen molar-refractivity contribution < 1.29 is 23.7 Å². The minimum atomic E-state index is -0.780. The molecule has 0 aliphatic heterocycles. The number of carbonyl (C=O) groups is 1. The van der Waals surface area contributed by atoms with Gasteiger partial charge in [0.1, 0.15) is 6.61 Å². The summed E-state index contributed by atoms with van der Waals surface area (Å²) in [6, 6.07) is 0. The van der Waals surface area contributed by atoms with E-state index in [1.807, 2.05) is 0 Å². The second-order valence-electron chi connectivity index (χ2n) is 3.89. The molecule has 1 unspecified atom stereocenters. The van der Waals surface area contributed by atoms with Crippen LogP contribution in [0.5, 0.6) is 0 Å². The maximum absolute atomic E-state index is 10.2. The molecule has 0 heterocycles. The van der Waals surface area contributed by atoms with Crippen LogP contribution < -0.4 is 5.73 Å². The number of rotatable bonds is 12. The van der Waals surface area contributed by atoms with E-state index >= 15 is 0 Å². The maximum Gasteiger partial charge on any atom is 0.404 e. The van der Waals surface area contributed by atoms with Crippen LogP contribution in [0, 0.1) is 0 Å². The fraction of sp³-hybridized carbons (Fsp3) is 0.909. The van der Waals surface area contributed by atoms with Crippen LogP contribution in [0.4, 0.5) is 4.79 Å². The molecule has 0 saturated heterocycles. The summed E-state index contributed by atoms with van der Waals surface area (Å²) in [5, 5.41) is 0. The SMILES string of the molecule is CCCCOC([SiH3])COCCOCCOC(N)=O. The third-order valence-electron chi connectivity index (χ3n) is 2.10. The molecule has 0 aliphatic carbocycles. The van der Waals surface area contributed by atoms with Gasteiger partial charge < -0.3 is 24.7 Å². The zero-order valence-corrected chi connectivity index (χ0v) is 13.4. The highest BCUT2D eigenvalue weighted by molar-refractivity contribution is 6.11. The van der Waals surface area contributed by atoms with Gasteiger partial charge >= 0.3 is 6.09 Å². The van der Waals surface area contributed by atoms with Crippen molar-refractivity contribution in [2.24, 2.45) is 5.73 Å². The number of hydrogen-bond donors (Lipinski definition) is 1. The van der Waals surface area contributed by atoms with Gasteiger partial charge in [-0.15, -0.1) is 0 Å². The highest BCUT2D eigenvalue weighted by Gasteiger charge is 2.01. The summed E-state index contributed by atoms with van der Waals surface area (Å²) in [5.41, 5.74) is 5.03. The van der Waals surface area contributed by atoms with Gasteiger partial charge in [-0.1, -0.05) is 13.3 Å². The molecular formula is C11H25NO5Si. The van der Waals surface area contributed by atoms with Crippen LogP contribution >= 0.6 is 0 Å². The molecule has 108 valence electrons. The molecule has 0 spiro atoms. The molecule has 0 rings (SSSR count). The van der Waals surface area contributed by atoms with Crippen molar-refractivity contribution in [1.82, 2.24) is 0 Å². The average molecular weight is 279 g/mol. The second kappa shape index (κ2) is 12.8. The van der Waals surface area contributed by atoms with Crippen LogP contribution in [0.25, 0.3) is 0 Å². The summed E-state index contributed by atoms with van der Waals surface area (Å²) >= 11 is 0. The van der Waals surface area contributed by atoms with Gasteiger partial charge in [0.15, 0.2) is 0 Å². The topological polar surface area (TPSA) is 80.0 Å². The van der Waals surface area contributed by atoms with Crippen molar-refractivity contribution in [3.8, 4) is 0 Å². The summed E-state index contributed by atoms with van der Waals surface area (Å²) in [6.45, 7) is 5.09. The quantitative estimate of drug-likeness (QED) is 0.389. The molecule has 0 fully saturated rings. The lowest BCUT2D eigenvalue weighted by molar-refractivity contribution is -0.00638. The first-order valence-electron chi connectivity index (χ1n) is 6.36. The Morgan fingerprint density at radius 3 is 2.50 bits per heavy atom. The number of unbranched alkanes of at least 4 members (excludes halogenated alkanes) is 1. The summed E-state index contributed by atoms with van der Waals surface area (Å²) in [6.07, 6.45) is 1.47. The van der Waals surface area contributed by atoms with Gasteiger partial charge in [-0.3, -0.25) is 0 Å². The number of amides is 1. The van der Waals surface area contributed by atoms with E-state index in [0.29, 0.717) is 26.4 Å². The number of nitrogens with two attached hydrogens (primary N) is 1. The molecule has 1 atom stereocenters. The van der Waals surface area contributed by atoms with E-state index in [-0.39, 0.29) is 12.3 Å². The average Bonchev–Trinajstić information content (AvgIpc) is 2.32. The largest absolute Gasteiger partial charge is 0.447 e. The zero-order valence-electron chi connectivity index (χ0n) is 11.4. The third kappa shape index (κ3) is 13.4. The Bertz CT molecular complexity index is 206. The first-order chi connectivity index (χ1) is 8.66. The molecule has 0 aromatic carbocycles. The molecular weight excluding hydrogens is 254 g/mol. The lowest BCUT2D eigenvalue weighted by atomic mass is 10.4. The van der Waals surface area contributed by atoms with Gasteiger partial charge in [0, 0.05) is 16.8 Å². The van der Waals surface area contributed by atoms with Crippen molar-refractivity contribution in [3.63, 3.8) is 0 Å². The van der Waals surface area contributed by atoms with E-state index in [2.05, 4.69) is 11.7 Å². The number of ether oxygens (including phenoxy) is 4. The normalized spacial score (nSPS) is 12.5. The number of primary amides is 1. The van der Waals surface area contributed by atoms with Gasteiger partial charge in [0.2, 0.25) is 0 Å². The Morgan fingerprint density at radius 1 is 1.17 bits per heavy atom. The lowest BCUT2D eigenvalue weighted by Gasteiger charge is -2.13. The molecule has 2 N–H and O–H groups in total.